The molecule has 2 heterocycles. The molecule has 1 aromatic rings. The third-order valence-corrected chi connectivity index (χ3v) is 5.19. The number of hydrogen-bond acceptors (Lipinski definition) is 4. The average molecular weight is 292 g/mol. The van der Waals surface area contributed by atoms with Crippen molar-refractivity contribution in [2.24, 2.45) is 5.73 Å². The van der Waals surface area contributed by atoms with Crippen LogP contribution < -0.4 is 10.6 Å². The fraction of sp³-hybridized carbons (Fsp3) is 0.533. The van der Waals surface area contributed by atoms with E-state index >= 15 is 0 Å². The molecule has 2 saturated heterocycles. The van der Waals surface area contributed by atoms with Gasteiger partial charge in [0.1, 0.15) is 5.60 Å². The van der Waals surface area contributed by atoms with E-state index in [0.29, 0.717) is 6.54 Å². The Hall–Kier alpha value is -1.20. The number of hydrogen-bond donors (Lipinski definition) is 1. The smallest absolute Gasteiger partial charge is 0.414 e. The first-order chi connectivity index (χ1) is 9.72. The summed E-state index contributed by atoms with van der Waals surface area (Å²) in [4.78, 5) is 14.0. The number of ether oxygens (including phenoxy) is 1. The van der Waals surface area contributed by atoms with Crippen molar-refractivity contribution in [1.82, 2.24) is 0 Å². The fourth-order valence-corrected chi connectivity index (χ4v) is 4.08. The molecule has 0 radical (unpaired) electrons. The van der Waals surface area contributed by atoms with Crippen molar-refractivity contribution in [3.63, 3.8) is 0 Å². The van der Waals surface area contributed by atoms with E-state index in [0.717, 1.165) is 48.6 Å². The van der Waals surface area contributed by atoms with Crippen LogP contribution in [-0.4, -0.2) is 29.7 Å². The lowest BCUT2D eigenvalue weighted by molar-refractivity contribution is -0.0108. The molecule has 5 heteroatoms. The van der Waals surface area contributed by atoms with E-state index in [4.69, 9.17) is 10.5 Å². The number of nitrogens with two attached hydrogens (primary N) is 1. The van der Waals surface area contributed by atoms with Gasteiger partial charge in [0.2, 0.25) is 0 Å². The molecule has 2 N–H and O–H groups in total. The molecule has 0 aliphatic carbocycles. The minimum atomic E-state index is -0.205. The first-order valence-corrected chi connectivity index (χ1v) is 8.25. The maximum Gasteiger partial charge on any atom is 0.414 e. The van der Waals surface area contributed by atoms with Crippen molar-refractivity contribution >= 4 is 23.5 Å². The topological polar surface area (TPSA) is 55.6 Å². The third kappa shape index (κ3) is 2.65. The molecule has 0 bridgehead atoms. The summed E-state index contributed by atoms with van der Waals surface area (Å²) in [5.41, 5.74) is 7.36. The summed E-state index contributed by atoms with van der Waals surface area (Å²) in [5, 5.41) is 0. The monoisotopic (exact) mass is 292 g/mol. The normalized spacial score (nSPS) is 21.9. The van der Waals surface area contributed by atoms with E-state index in [-0.39, 0.29) is 11.7 Å². The van der Waals surface area contributed by atoms with Gasteiger partial charge in [0.25, 0.3) is 0 Å². The van der Waals surface area contributed by atoms with Gasteiger partial charge in [-0.2, -0.15) is 11.8 Å². The lowest BCUT2D eigenvalue weighted by atomic mass is 9.91. The summed E-state index contributed by atoms with van der Waals surface area (Å²) in [6.07, 6.45) is 2.70. The molecule has 108 valence electrons. The highest BCUT2D eigenvalue weighted by Crippen LogP contribution is 2.37. The number of anilines is 1. The minimum Gasteiger partial charge on any atom is -0.442 e. The van der Waals surface area contributed by atoms with Gasteiger partial charge in [0, 0.05) is 25.2 Å². The molecule has 2 aliphatic heterocycles. The highest BCUT2D eigenvalue weighted by atomic mass is 32.2. The number of nitrogens with zero attached hydrogens (tertiary/aromatic N) is 1. The Labute approximate surface area is 123 Å². The average Bonchev–Trinajstić information content (AvgIpc) is 2.48. The summed E-state index contributed by atoms with van der Waals surface area (Å²) in [5.74, 6) is 2.19. The van der Waals surface area contributed by atoms with E-state index in [9.17, 15) is 4.79 Å². The quantitative estimate of drug-likeness (QED) is 0.910. The molecular weight excluding hydrogens is 272 g/mol. The van der Waals surface area contributed by atoms with E-state index in [1.807, 2.05) is 36.0 Å². The van der Waals surface area contributed by atoms with Crippen molar-refractivity contribution in [2.75, 3.05) is 23.0 Å². The van der Waals surface area contributed by atoms with Crippen molar-refractivity contribution in [2.45, 2.75) is 31.4 Å². The predicted octanol–water partition coefficient (Wildman–Crippen LogP) is 2.76. The molecule has 0 saturated carbocycles. The molecule has 0 atom stereocenters. The van der Waals surface area contributed by atoms with E-state index in [1.54, 1.807) is 4.90 Å². The van der Waals surface area contributed by atoms with Crippen LogP contribution in [0.5, 0.6) is 0 Å². The number of carbonyl (C=O) groups excluding carboxylic acids is 1. The van der Waals surface area contributed by atoms with E-state index in [2.05, 4.69) is 0 Å². The molecule has 3 rings (SSSR count). The Kier molecular flexibility index (Phi) is 3.89. The van der Waals surface area contributed by atoms with Crippen LogP contribution in [0.1, 0.15) is 24.8 Å². The van der Waals surface area contributed by atoms with Crippen LogP contribution in [0.2, 0.25) is 0 Å². The molecular formula is C15H20N2O2S. The predicted molar refractivity (Wildman–Crippen MR) is 82.1 cm³/mol. The Morgan fingerprint density at radius 2 is 1.90 bits per heavy atom. The molecule has 4 nitrogen and oxygen atoms in total. The third-order valence-electron chi connectivity index (χ3n) is 4.20. The van der Waals surface area contributed by atoms with Gasteiger partial charge in [-0.3, -0.25) is 4.90 Å². The van der Waals surface area contributed by atoms with Gasteiger partial charge in [-0.25, -0.2) is 4.79 Å². The second-order valence-corrected chi connectivity index (χ2v) is 6.66. The molecule has 1 spiro atoms. The highest BCUT2D eigenvalue weighted by Gasteiger charge is 2.41. The molecule has 2 aliphatic rings. The molecule has 0 unspecified atom stereocenters. The summed E-state index contributed by atoms with van der Waals surface area (Å²) >= 11 is 1.95. The lowest BCUT2D eigenvalue weighted by Crippen LogP contribution is -2.51. The van der Waals surface area contributed by atoms with E-state index in [1.165, 1.54) is 0 Å². The number of rotatable bonds is 2. The zero-order chi connectivity index (χ0) is 14.0. The molecule has 0 aromatic heterocycles. The Morgan fingerprint density at radius 1 is 1.20 bits per heavy atom. The van der Waals surface area contributed by atoms with Crippen LogP contribution in [0.25, 0.3) is 0 Å². The van der Waals surface area contributed by atoms with Crippen LogP contribution in [0, 0.1) is 0 Å². The maximum atomic E-state index is 12.3. The highest BCUT2D eigenvalue weighted by molar-refractivity contribution is 7.99. The second kappa shape index (κ2) is 5.66. The SMILES string of the molecule is NCc1ccc(N2CCC3(CCSCC3)OC2=O)cc1. The second-order valence-electron chi connectivity index (χ2n) is 5.44. The van der Waals surface area contributed by atoms with Crippen LogP contribution in [0.4, 0.5) is 10.5 Å². The Bertz CT molecular complexity index is 483. The largest absolute Gasteiger partial charge is 0.442 e. The van der Waals surface area contributed by atoms with Crippen LogP contribution in [0.3, 0.4) is 0 Å². The van der Waals surface area contributed by atoms with Crippen molar-refractivity contribution in [3.05, 3.63) is 29.8 Å². The van der Waals surface area contributed by atoms with Crippen molar-refractivity contribution in [3.8, 4) is 0 Å². The first-order valence-electron chi connectivity index (χ1n) is 7.10. The standard InChI is InChI=1S/C15H20N2O2S/c16-11-12-1-3-13(4-2-12)17-8-5-15(19-14(17)18)6-9-20-10-7-15/h1-4H,5-11,16H2. The summed E-state index contributed by atoms with van der Waals surface area (Å²) < 4.78 is 5.79. The summed E-state index contributed by atoms with van der Waals surface area (Å²) in [6.45, 7) is 1.26. The van der Waals surface area contributed by atoms with Crippen LogP contribution in [0.15, 0.2) is 24.3 Å². The summed E-state index contributed by atoms with van der Waals surface area (Å²) in [6, 6.07) is 7.81. The van der Waals surface area contributed by atoms with Gasteiger partial charge in [0.05, 0.1) is 0 Å². The zero-order valence-corrected chi connectivity index (χ0v) is 12.3. The summed E-state index contributed by atoms with van der Waals surface area (Å²) in [7, 11) is 0. The van der Waals surface area contributed by atoms with Gasteiger partial charge in [-0.1, -0.05) is 12.1 Å². The fourth-order valence-electron chi connectivity index (χ4n) is 2.84. The van der Waals surface area contributed by atoms with Gasteiger partial charge < -0.3 is 10.5 Å². The van der Waals surface area contributed by atoms with Crippen LogP contribution >= 0.6 is 11.8 Å². The Balaban J connectivity index is 1.72. The van der Waals surface area contributed by atoms with Gasteiger partial charge in [0.15, 0.2) is 0 Å². The first kappa shape index (κ1) is 13.8. The van der Waals surface area contributed by atoms with Crippen LogP contribution in [-0.2, 0) is 11.3 Å². The van der Waals surface area contributed by atoms with Crippen molar-refractivity contribution < 1.29 is 9.53 Å². The lowest BCUT2D eigenvalue weighted by Gasteiger charge is -2.43. The van der Waals surface area contributed by atoms with Gasteiger partial charge >= 0.3 is 6.09 Å². The number of carbonyl (C=O) groups is 1. The number of thioether (sulfide) groups is 1. The molecule has 1 aromatic carbocycles. The Morgan fingerprint density at radius 3 is 2.50 bits per heavy atom. The number of benzene rings is 1. The molecule has 2 fully saturated rings. The zero-order valence-electron chi connectivity index (χ0n) is 11.5. The van der Waals surface area contributed by atoms with Crippen molar-refractivity contribution in [1.29, 1.82) is 0 Å². The minimum absolute atomic E-state index is 0.198. The van der Waals surface area contributed by atoms with Gasteiger partial charge in [-0.15, -0.1) is 0 Å². The molecule has 20 heavy (non-hydrogen) atoms. The van der Waals surface area contributed by atoms with Gasteiger partial charge in [-0.05, 0) is 42.0 Å². The molecule has 1 amide bonds. The maximum absolute atomic E-state index is 12.3. The number of amides is 1. The van der Waals surface area contributed by atoms with E-state index < -0.39 is 0 Å².